The van der Waals surface area contributed by atoms with Crippen LogP contribution in [0.15, 0.2) is 24.3 Å². The van der Waals surface area contributed by atoms with Gasteiger partial charge in [0, 0.05) is 11.8 Å². The van der Waals surface area contributed by atoms with E-state index < -0.39 is 5.60 Å². The highest BCUT2D eigenvalue weighted by molar-refractivity contribution is 5.82. The summed E-state index contributed by atoms with van der Waals surface area (Å²) >= 11 is 0. The lowest BCUT2D eigenvalue weighted by molar-refractivity contribution is -0.155. The molecule has 28 heavy (non-hydrogen) atoms. The van der Waals surface area contributed by atoms with Crippen LogP contribution in [0.25, 0.3) is 0 Å². The molecule has 2 atom stereocenters. The van der Waals surface area contributed by atoms with E-state index in [1.54, 1.807) is 0 Å². The maximum Gasteiger partial charge on any atom is 0.320 e. The Hall–Kier alpha value is -1.68. The highest BCUT2D eigenvalue weighted by Gasteiger charge is 2.29. The van der Waals surface area contributed by atoms with Gasteiger partial charge in [-0.2, -0.15) is 0 Å². The molecule has 4 heteroatoms. The van der Waals surface area contributed by atoms with Gasteiger partial charge in [0.15, 0.2) is 0 Å². The average Bonchev–Trinajstić information content (AvgIpc) is 2.59. The molecule has 0 fully saturated rings. The van der Waals surface area contributed by atoms with E-state index >= 15 is 0 Å². The molecule has 0 aliphatic heterocycles. The molecule has 0 aliphatic carbocycles. The fraction of sp³-hybridized carbons (Fsp3) is 0.667. The minimum Gasteiger partial charge on any atom is -0.459 e. The number of ketones is 1. The molecule has 1 aromatic carbocycles. The summed E-state index contributed by atoms with van der Waals surface area (Å²) in [5.41, 5.74) is 7.15. The Balaban J connectivity index is 2.95. The summed E-state index contributed by atoms with van der Waals surface area (Å²) in [5, 5.41) is 0. The van der Waals surface area contributed by atoms with Crippen molar-refractivity contribution in [1.29, 1.82) is 0 Å². The van der Waals surface area contributed by atoms with E-state index in [1.165, 1.54) is 11.1 Å². The summed E-state index contributed by atoms with van der Waals surface area (Å²) < 4.78 is 5.48. The summed E-state index contributed by atoms with van der Waals surface area (Å²) in [6, 6.07) is 8.57. The Morgan fingerprint density at radius 3 is 2.18 bits per heavy atom. The Bertz CT molecular complexity index is 676. The molecule has 1 rings (SSSR count). The van der Waals surface area contributed by atoms with E-state index in [0.29, 0.717) is 12.2 Å². The van der Waals surface area contributed by atoms with Gasteiger partial charge in [0.1, 0.15) is 11.4 Å². The number of carbonyl (C=O) groups is 2. The van der Waals surface area contributed by atoms with Crippen molar-refractivity contribution in [1.82, 2.24) is 0 Å². The highest BCUT2D eigenvalue weighted by atomic mass is 16.6. The highest BCUT2D eigenvalue weighted by Crippen LogP contribution is 2.35. The van der Waals surface area contributed by atoms with E-state index in [4.69, 9.17) is 10.5 Å². The van der Waals surface area contributed by atoms with Crippen LogP contribution in [0.5, 0.6) is 0 Å². The molecular weight excluding hydrogens is 350 g/mol. The van der Waals surface area contributed by atoms with E-state index in [0.717, 1.165) is 6.42 Å². The third-order valence-corrected chi connectivity index (χ3v) is 5.46. The second-order valence-electron chi connectivity index (χ2n) is 9.71. The van der Waals surface area contributed by atoms with Crippen molar-refractivity contribution in [3.05, 3.63) is 35.4 Å². The molecule has 0 saturated carbocycles. The summed E-state index contributed by atoms with van der Waals surface area (Å²) in [6.45, 7) is 16.3. The molecule has 0 aliphatic rings. The maximum absolute atomic E-state index is 12.3. The van der Waals surface area contributed by atoms with Crippen molar-refractivity contribution in [3.63, 3.8) is 0 Å². The quantitative estimate of drug-likeness (QED) is 0.572. The molecule has 0 saturated heterocycles. The number of hydrogen-bond donors (Lipinski definition) is 1. The van der Waals surface area contributed by atoms with Gasteiger partial charge in [0.25, 0.3) is 0 Å². The van der Waals surface area contributed by atoms with Crippen molar-refractivity contribution in [2.75, 3.05) is 6.54 Å². The first-order valence-corrected chi connectivity index (χ1v) is 10.3. The molecule has 0 heterocycles. The van der Waals surface area contributed by atoms with E-state index in [1.807, 2.05) is 34.6 Å². The zero-order valence-electron chi connectivity index (χ0n) is 19.0. The predicted molar refractivity (Wildman–Crippen MR) is 115 cm³/mol. The van der Waals surface area contributed by atoms with Gasteiger partial charge >= 0.3 is 5.97 Å². The Labute approximate surface area is 171 Å². The number of Topliss-reactive ketones (excluding diaryl/α,β-unsaturated/α-hetero) is 1. The molecule has 0 bridgehead atoms. The van der Waals surface area contributed by atoms with Gasteiger partial charge in [-0.25, -0.2) is 0 Å². The molecule has 2 N–H and O–H groups in total. The van der Waals surface area contributed by atoms with Crippen LogP contribution in [-0.2, 0) is 19.7 Å². The molecule has 0 amide bonds. The fourth-order valence-electron chi connectivity index (χ4n) is 4.07. The van der Waals surface area contributed by atoms with Crippen LogP contribution >= 0.6 is 0 Å². The number of benzene rings is 1. The van der Waals surface area contributed by atoms with E-state index in [2.05, 4.69) is 45.0 Å². The number of esters is 1. The number of carbonyl (C=O) groups excluding carboxylic acids is 2. The van der Waals surface area contributed by atoms with Crippen molar-refractivity contribution >= 4 is 11.8 Å². The Morgan fingerprint density at radius 1 is 1.04 bits per heavy atom. The molecule has 2 unspecified atom stereocenters. The molecule has 158 valence electrons. The van der Waals surface area contributed by atoms with Gasteiger partial charge in [0.05, 0.1) is 6.54 Å². The van der Waals surface area contributed by atoms with Crippen LogP contribution in [0, 0.1) is 11.8 Å². The zero-order chi connectivity index (χ0) is 21.7. The van der Waals surface area contributed by atoms with Gasteiger partial charge in [-0.1, -0.05) is 65.8 Å². The number of rotatable bonds is 10. The SMILES string of the molecule is CC(C)C(=O)C(C)CC(C)(C)c1cccc(C(C)CC(C)(C)OC(=O)CN)c1. The minimum absolute atomic E-state index is 0.0330. The summed E-state index contributed by atoms with van der Waals surface area (Å²) in [4.78, 5) is 23.9. The summed E-state index contributed by atoms with van der Waals surface area (Å²) in [7, 11) is 0. The van der Waals surface area contributed by atoms with Crippen LogP contribution in [0.2, 0.25) is 0 Å². The van der Waals surface area contributed by atoms with Crippen LogP contribution < -0.4 is 5.73 Å². The van der Waals surface area contributed by atoms with E-state index in [-0.39, 0.29) is 35.7 Å². The largest absolute Gasteiger partial charge is 0.459 e. The summed E-state index contributed by atoms with van der Waals surface area (Å²) in [5.74, 6) is 0.268. The molecular formula is C24H39NO3. The van der Waals surface area contributed by atoms with Gasteiger partial charge in [-0.15, -0.1) is 0 Å². The van der Waals surface area contributed by atoms with Crippen LogP contribution in [-0.4, -0.2) is 23.9 Å². The molecule has 1 aromatic rings. The van der Waals surface area contributed by atoms with Crippen LogP contribution in [0.3, 0.4) is 0 Å². The minimum atomic E-state index is -0.570. The smallest absolute Gasteiger partial charge is 0.320 e. The number of nitrogens with two attached hydrogens (primary N) is 1. The standard InChI is InChI=1S/C24H39NO3/c1-16(2)22(27)18(4)13-23(5,6)20-11-9-10-19(12-20)17(3)14-24(7,8)28-21(26)15-25/h9-12,16-18H,13-15,25H2,1-8H3. The first kappa shape index (κ1) is 24.4. The lowest BCUT2D eigenvalue weighted by atomic mass is 9.74. The van der Waals surface area contributed by atoms with Gasteiger partial charge in [-0.3, -0.25) is 9.59 Å². The van der Waals surface area contributed by atoms with Crippen LogP contribution in [0.4, 0.5) is 0 Å². The monoisotopic (exact) mass is 389 g/mol. The predicted octanol–water partition coefficient (Wildman–Crippen LogP) is 4.99. The average molecular weight is 390 g/mol. The normalized spacial score (nSPS) is 14.6. The van der Waals surface area contributed by atoms with Gasteiger partial charge in [-0.05, 0) is 49.1 Å². The van der Waals surface area contributed by atoms with Gasteiger partial charge < -0.3 is 10.5 Å². The second kappa shape index (κ2) is 9.69. The Kier molecular flexibility index (Phi) is 8.43. The lowest BCUT2D eigenvalue weighted by Gasteiger charge is -2.31. The summed E-state index contributed by atoms with van der Waals surface area (Å²) in [6.07, 6.45) is 1.53. The zero-order valence-corrected chi connectivity index (χ0v) is 19.0. The molecule has 0 radical (unpaired) electrons. The fourth-order valence-corrected chi connectivity index (χ4v) is 4.07. The molecule has 0 spiro atoms. The van der Waals surface area contributed by atoms with Crippen molar-refractivity contribution in [2.45, 2.75) is 85.2 Å². The topological polar surface area (TPSA) is 69.4 Å². The van der Waals surface area contributed by atoms with Crippen molar-refractivity contribution < 1.29 is 14.3 Å². The first-order chi connectivity index (χ1) is 12.8. The lowest BCUT2D eigenvalue weighted by Crippen LogP contribution is -2.32. The number of ether oxygens (including phenoxy) is 1. The number of hydrogen-bond acceptors (Lipinski definition) is 4. The third-order valence-electron chi connectivity index (χ3n) is 5.46. The van der Waals surface area contributed by atoms with Gasteiger partial charge in [0.2, 0.25) is 0 Å². The van der Waals surface area contributed by atoms with Crippen LogP contribution in [0.1, 0.15) is 85.3 Å². The molecule has 4 nitrogen and oxygen atoms in total. The maximum atomic E-state index is 12.3. The van der Waals surface area contributed by atoms with Crippen molar-refractivity contribution in [2.24, 2.45) is 17.6 Å². The van der Waals surface area contributed by atoms with Crippen molar-refractivity contribution in [3.8, 4) is 0 Å². The first-order valence-electron chi connectivity index (χ1n) is 10.3. The third kappa shape index (κ3) is 7.05. The Morgan fingerprint density at radius 2 is 1.64 bits per heavy atom. The second-order valence-corrected chi connectivity index (χ2v) is 9.71. The molecule has 0 aromatic heterocycles. The van der Waals surface area contributed by atoms with E-state index in [9.17, 15) is 9.59 Å².